The number of rotatable bonds is 5. The summed E-state index contributed by atoms with van der Waals surface area (Å²) in [5.74, 6) is 0.971. The molecule has 2 heterocycles. The van der Waals surface area contributed by atoms with E-state index in [2.05, 4.69) is 46.5 Å². The highest BCUT2D eigenvalue weighted by atomic mass is 15.3. The van der Waals surface area contributed by atoms with Crippen LogP contribution < -0.4 is 10.2 Å². The van der Waals surface area contributed by atoms with Crippen LogP contribution in [-0.4, -0.2) is 36.4 Å². The predicted octanol–water partition coefficient (Wildman–Crippen LogP) is 1.62. The normalized spacial score (nSPS) is 19.5. The monoisotopic (exact) mass is 234 g/mol. The fourth-order valence-electron chi connectivity index (χ4n) is 2.28. The largest absolute Gasteiger partial charge is 0.357 e. The maximum Gasteiger partial charge on any atom is 0.151 e. The molecular weight excluding hydrogens is 212 g/mol. The Bertz CT molecular complexity index is 330. The minimum absolute atomic E-state index is 0.608. The molecule has 1 N–H and O–H groups in total. The van der Waals surface area contributed by atoms with Crippen molar-refractivity contribution in [2.75, 3.05) is 25.0 Å². The lowest BCUT2D eigenvalue weighted by atomic mass is 10.2. The van der Waals surface area contributed by atoms with Crippen LogP contribution in [0, 0.1) is 0 Å². The molecule has 2 rings (SSSR count). The number of aryl methyl sites for hydroxylation is 1. The van der Waals surface area contributed by atoms with Crippen LogP contribution in [-0.2, 0) is 6.42 Å². The fourth-order valence-corrected chi connectivity index (χ4v) is 2.28. The summed E-state index contributed by atoms with van der Waals surface area (Å²) in [5.41, 5.74) is 1.09. The van der Waals surface area contributed by atoms with Crippen molar-refractivity contribution in [3.63, 3.8) is 0 Å². The third-order valence-electron chi connectivity index (χ3n) is 3.26. The third-order valence-corrected chi connectivity index (χ3v) is 3.26. The first-order valence-corrected chi connectivity index (χ1v) is 6.56. The Kier molecular flexibility index (Phi) is 4.31. The second-order valence-electron chi connectivity index (χ2n) is 4.81. The molecule has 1 unspecified atom stereocenters. The van der Waals surface area contributed by atoms with Gasteiger partial charge in [0, 0.05) is 19.6 Å². The summed E-state index contributed by atoms with van der Waals surface area (Å²) in [6.07, 6.45) is 4.70. The molecule has 4 heteroatoms. The molecule has 0 bridgehead atoms. The van der Waals surface area contributed by atoms with Crippen molar-refractivity contribution in [3.05, 3.63) is 17.8 Å². The summed E-state index contributed by atoms with van der Waals surface area (Å²) in [4.78, 5) is 2.19. The zero-order valence-electron chi connectivity index (χ0n) is 10.8. The molecule has 1 fully saturated rings. The van der Waals surface area contributed by atoms with Crippen LogP contribution in [0.1, 0.15) is 31.9 Å². The van der Waals surface area contributed by atoms with Gasteiger partial charge in [-0.25, -0.2) is 0 Å². The number of anilines is 1. The van der Waals surface area contributed by atoms with E-state index in [0.29, 0.717) is 6.04 Å². The molecule has 1 aliphatic rings. The Hall–Kier alpha value is -1.16. The minimum atomic E-state index is 0.608. The molecular formula is C13H22N4. The second-order valence-corrected chi connectivity index (χ2v) is 4.81. The summed E-state index contributed by atoms with van der Waals surface area (Å²) < 4.78 is 0. The van der Waals surface area contributed by atoms with Crippen molar-refractivity contribution in [3.8, 4) is 0 Å². The molecule has 1 aromatic rings. The van der Waals surface area contributed by atoms with E-state index < -0.39 is 0 Å². The molecule has 0 spiro atoms. The van der Waals surface area contributed by atoms with E-state index in [4.69, 9.17) is 0 Å². The van der Waals surface area contributed by atoms with Gasteiger partial charge in [0.05, 0.1) is 5.69 Å². The minimum Gasteiger partial charge on any atom is -0.357 e. The van der Waals surface area contributed by atoms with E-state index >= 15 is 0 Å². The van der Waals surface area contributed by atoms with Gasteiger partial charge in [0.25, 0.3) is 0 Å². The molecule has 1 aromatic heterocycles. The summed E-state index contributed by atoms with van der Waals surface area (Å²) >= 11 is 0. The Morgan fingerprint density at radius 3 is 2.88 bits per heavy atom. The average Bonchev–Trinajstić information content (AvgIpc) is 2.83. The van der Waals surface area contributed by atoms with E-state index in [1.54, 1.807) is 0 Å². The summed E-state index contributed by atoms with van der Waals surface area (Å²) in [5, 5.41) is 12.0. The molecule has 4 nitrogen and oxygen atoms in total. The maximum atomic E-state index is 4.29. The van der Waals surface area contributed by atoms with Crippen LogP contribution in [0.3, 0.4) is 0 Å². The van der Waals surface area contributed by atoms with Crippen molar-refractivity contribution in [2.45, 2.75) is 38.6 Å². The van der Waals surface area contributed by atoms with E-state index in [-0.39, 0.29) is 0 Å². The van der Waals surface area contributed by atoms with Gasteiger partial charge in [-0.3, -0.25) is 0 Å². The Balaban J connectivity index is 1.91. The molecule has 94 valence electrons. The number of hydrogen-bond donors (Lipinski definition) is 1. The van der Waals surface area contributed by atoms with Gasteiger partial charge in [-0.15, -0.1) is 5.10 Å². The van der Waals surface area contributed by atoms with Gasteiger partial charge in [-0.05, 0) is 37.9 Å². The Morgan fingerprint density at radius 1 is 1.41 bits per heavy atom. The van der Waals surface area contributed by atoms with E-state index in [1.165, 1.54) is 12.8 Å². The van der Waals surface area contributed by atoms with Crippen molar-refractivity contribution in [2.24, 2.45) is 0 Å². The zero-order chi connectivity index (χ0) is 12.1. The van der Waals surface area contributed by atoms with Gasteiger partial charge in [-0.2, -0.15) is 5.10 Å². The lowest BCUT2D eigenvalue weighted by Gasteiger charge is -2.21. The predicted molar refractivity (Wildman–Crippen MR) is 70.3 cm³/mol. The molecule has 1 aliphatic heterocycles. The van der Waals surface area contributed by atoms with Crippen LogP contribution in [0.4, 0.5) is 5.82 Å². The van der Waals surface area contributed by atoms with E-state index in [9.17, 15) is 0 Å². The standard InChI is InChI=1S/C13H22N4/c1-3-5-11-7-8-13(16-15-11)17(2)10-12-6-4-9-14-12/h7-8,12,14H,3-6,9-10H2,1-2H3. The zero-order valence-corrected chi connectivity index (χ0v) is 10.8. The number of nitrogens with one attached hydrogen (secondary N) is 1. The van der Waals surface area contributed by atoms with E-state index in [0.717, 1.165) is 37.4 Å². The topological polar surface area (TPSA) is 41.0 Å². The van der Waals surface area contributed by atoms with Crippen LogP contribution in [0.25, 0.3) is 0 Å². The number of aromatic nitrogens is 2. The molecule has 0 saturated carbocycles. The van der Waals surface area contributed by atoms with Crippen LogP contribution in [0.2, 0.25) is 0 Å². The summed E-state index contributed by atoms with van der Waals surface area (Å²) in [7, 11) is 2.09. The highest BCUT2D eigenvalue weighted by Gasteiger charge is 2.16. The molecule has 0 aliphatic carbocycles. The second kappa shape index (κ2) is 5.96. The first-order chi connectivity index (χ1) is 8.29. The first kappa shape index (κ1) is 12.3. The van der Waals surface area contributed by atoms with Crippen LogP contribution in [0.5, 0.6) is 0 Å². The summed E-state index contributed by atoms with van der Waals surface area (Å²) in [6, 6.07) is 4.77. The van der Waals surface area contributed by atoms with Crippen molar-refractivity contribution >= 4 is 5.82 Å². The molecule has 0 aromatic carbocycles. The average molecular weight is 234 g/mol. The van der Waals surface area contributed by atoms with Gasteiger partial charge in [0.15, 0.2) is 5.82 Å². The van der Waals surface area contributed by atoms with Crippen molar-refractivity contribution < 1.29 is 0 Å². The number of hydrogen-bond acceptors (Lipinski definition) is 4. The van der Waals surface area contributed by atoms with Crippen molar-refractivity contribution in [1.29, 1.82) is 0 Å². The fraction of sp³-hybridized carbons (Fsp3) is 0.692. The van der Waals surface area contributed by atoms with Gasteiger partial charge in [0.2, 0.25) is 0 Å². The number of nitrogens with zero attached hydrogens (tertiary/aromatic N) is 3. The SMILES string of the molecule is CCCc1ccc(N(C)CC2CCCN2)nn1. The number of likely N-dealkylation sites (N-methyl/N-ethyl adjacent to an activating group) is 1. The lowest BCUT2D eigenvalue weighted by molar-refractivity contribution is 0.595. The molecule has 0 amide bonds. The quantitative estimate of drug-likeness (QED) is 0.840. The van der Waals surface area contributed by atoms with Gasteiger partial charge < -0.3 is 10.2 Å². The third kappa shape index (κ3) is 3.40. The highest BCUT2D eigenvalue weighted by Crippen LogP contribution is 2.12. The maximum absolute atomic E-state index is 4.29. The van der Waals surface area contributed by atoms with Crippen LogP contribution >= 0.6 is 0 Å². The van der Waals surface area contributed by atoms with Crippen LogP contribution in [0.15, 0.2) is 12.1 Å². The van der Waals surface area contributed by atoms with E-state index in [1.807, 2.05) is 0 Å². The molecule has 1 atom stereocenters. The first-order valence-electron chi connectivity index (χ1n) is 6.56. The van der Waals surface area contributed by atoms with Gasteiger partial charge in [-0.1, -0.05) is 13.3 Å². The lowest BCUT2D eigenvalue weighted by Crippen LogP contribution is -2.35. The summed E-state index contributed by atoms with van der Waals surface area (Å²) in [6.45, 7) is 4.33. The van der Waals surface area contributed by atoms with Crippen molar-refractivity contribution in [1.82, 2.24) is 15.5 Å². The molecule has 1 saturated heterocycles. The molecule has 17 heavy (non-hydrogen) atoms. The van der Waals surface area contributed by atoms with Gasteiger partial charge >= 0.3 is 0 Å². The Morgan fingerprint density at radius 2 is 2.29 bits per heavy atom. The smallest absolute Gasteiger partial charge is 0.151 e. The highest BCUT2D eigenvalue weighted by molar-refractivity contribution is 5.36. The van der Waals surface area contributed by atoms with Gasteiger partial charge in [0.1, 0.15) is 0 Å². The Labute approximate surface area is 103 Å². The molecule has 0 radical (unpaired) electrons.